The first-order chi connectivity index (χ1) is 12.4. The molecule has 1 aromatic carbocycles. The molecule has 26 heavy (non-hydrogen) atoms. The molecule has 0 aliphatic heterocycles. The maximum atomic E-state index is 12.2. The number of amides is 2. The Hall–Kier alpha value is -3.22. The molecule has 0 saturated carbocycles. The number of aryl methyl sites for hydroxylation is 1. The van der Waals surface area contributed by atoms with Gasteiger partial charge in [0.05, 0.1) is 17.8 Å². The average Bonchev–Trinajstić information content (AvgIpc) is 2.62. The van der Waals surface area contributed by atoms with Crippen LogP contribution in [0, 0.1) is 6.92 Å². The van der Waals surface area contributed by atoms with Crippen LogP contribution < -0.4 is 11.1 Å². The minimum atomic E-state index is -0.470. The van der Waals surface area contributed by atoms with Gasteiger partial charge in [-0.2, -0.15) is 0 Å². The van der Waals surface area contributed by atoms with E-state index in [1.165, 1.54) is 25.1 Å². The minimum Gasteiger partial charge on any atom is -0.393 e. The van der Waals surface area contributed by atoms with Gasteiger partial charge in [-0.05, 0) is 24.6 Å². The van der Waals surface area contributed by atoms with Gasteiger partial charge < -0.3 is 16.0 Å². The molecule has 136 valence electrons. The van der Waals surface area contributed by atoms with Gasteiger partial charge in [0.15, 0.2) is 0 Å². The summed E-state index contributed by atoms with van der Waals surface area (Å²) in [6.45, 7) is 3.60. The second-order valence-electron chi connectivity index (χ2n) is 5.85. The van der Waals surface area contributed by atoms with Gasteiger partial charge in [-0.3, -0.25) is 19.6 Å². The zero-order valence-corrected chi connectivity index (χ0v) is 15.4. The summed E-state index contributed by atoms with van der Waals surface area (Å²) < 4.78 is 0. The Balaban J connectivity index is 2.47. The van der Waals surface area contributed by atoms with Gasteiger partial charge in [-0.15, -0.1) is 0 Å². The van der Waals surface area contributed by atoms with E-state index in [1.54, 1.807) is 7.05 Å². The van der Waals surface area contributed by atoms with Gasteiger partial charge in [0, 0.05) is 38.3 Å². The van der Waals surface area contributed by atoms with E-state index in [-0.39, 0.29) is 23.8 Å². The molecule has 0 unspecified atom stereocenters. The molecule has 0 aliphatic carbocycles. The molecule has 0 spiro atoms. The summed E-state index contributed by atoms with van der Waals surface area (Å²) in [5.41, 5.74) is 8.76. The van der Waals surface area contributed by atoms with Crippen molar-refractivity contribution in [2.75, 3.05) is 14.1 Å². The number of hydrogen-bond donors (Lipinski definition) is 2. The number of pyridine rings is 1. The van der Waals surface area contributed by atoms with Crippen molar-refractivity contribution in [3.8, 4) is 0 Å². The normalized spacial score (nSPS) is 12.2. The van der Waals surface area contributed by atoms with E-state index < -0.39 is 5.91 Å². The minimum absolute atomic E-state index is 0.0666. The number of rotatable bonds is 5. The van der Waals surface area contributed by atoms with E-state index in [0.29, 0.717) is 0 Å². The summed E-state index contributed by atoms with van der Waals surface area (Å²) >= 11 is 0. The molecule has 7 nitrogen and oxygen atoms in total. The molecule has 2 rings (SSSR count). The number of nitrogens with two attached hydrogens (primary N) is 1. The molecular weight excluding hydrogens is 330 g/mol. The van der Waals surface area contributed by atoms with Crippen molar-refractivity contribution in [3.63, 3.8) is 0 Å². The van der Waals surface area contributed by atoms with E-state index in [1.807, 2.05) is 37.3 Å². The summed E-state index contributed by atoms with van der Waals surface area (Å²) in [5, 5.41) is 3.48. The van der Waals surface area contributed by atoms with Gasteiger partial charge in [0.1, 0.15) is 5.70 Å². The summed E-state index contributed by atoms with van der Waals surface area (Å²) in [7, 11) is 3.03. The van der Waals surface area contributed by atoms with Crippen LogP contribution in [0.1, 0.15) is 18.2 Å². The van der Waals surface area contributed by atoms with Crippen LogP contribution >= 0.6 is 0 Å². The van der Waals surface area contributed by atoms with Gasteiger partial charge >= 0.3 is 0 Å². The van der Waals surface area contributed by atoms with Gasteiger partial charge in [0.2, 0.25) is 5.91 Å². The first kappa shape index (κ1) is 19.1. The Morgan fingerprint density at radius 2 is 2.00 bits per heavy atom. The first-order valence-corrected chi connectivity index (χ1v) is 8.15. The average molecular weight is 353 g/mol. The quantitative estimate of drug-likeness (QED) is 0.628. The van der Waals surface area contributed by atoms with E-state index in [4.69, 9.17) is 5.73 Å². The van der Waals surface area contributed by atoms with Crippen molar-refractivity contribution in [1.82, 2.24) is 15.2 Å². The van der Waals surface area contributed by atoms with E-state index in [2.05, 4.69) is 15.3 Å². The fraction of sp³-hybridized carbons (Fsp3) is 0.263. The molecular formula is C19H23N5O2. The molecule has 2 aromatic rings. The summed E-state index contributed by atoms with van der Waals surface area (Å²) in [4.78, 5) is 34.0. The Morgan fingerprint density at radius 1 is 1.31 bits per heavy atom. The summed E-state index contributed by atoms with van der Waals surface area (Å²) in [6.07, 6.45) is 1.41. The second-order valence-corrected chi connectivity index (χ2v) is 5.85. The van der Waals surface area contributed by atoms with Crippen LogP contribution in [0.25, 0.3) is 10.9 Å². The largest absolute Gasteiger partial charge is 0.393 e. The smallest absolute Gasteiger partial charge is 0.269 e. The molecule has 1 aromatic heterocycles. The molecule has 7 heteroatoms. The van der Waals surface area contributed by atoms with E-state index in [9.17, 15) is 9.59 Å². The third kappa shape index (κ3) is 4.24. The highest BCUT2D eigenvalue weighted by molar-refractivity contribution is 6.00. The Kier molecular flexibility index (Phi) is 6.06. The van der Waals surface area contributed by atoms with Gasteiger partial charge in [-0.25, -0.2) is 0 Å². The molecule has 0 fully saturated rings. The highest BCUT2D eigenvalue weighted by atomic mass is 16.2. The number of fused-ring (bicyclic) bond motifs is 1. The van der Waals surface area contributed by atoms with Crippen LogP contribution in [-0.2, 0) is 16.1 Å². The van der Waals surface area contributed by atoms with Crippen LogP contribution in [0.5, 0.6) is 0 Å². The van der Waals surface area contributed by atoms with Crippen LogP contribution in [0.3, 0.4) is 0 Å². The lowest BCUT2D eigenvalue weighted by Crippen LogP contribution is -2.35. The third-order valence-corrected chi connectivity index (χ3v) is 3.91. The number of aliphatic imine (C=N–C) groups is 1. The molecule has 2 amide bonds. The fourth-order valence-electron chi connectivity index (χ4n) is 2.57. The molecule has 0 bridgehead atoms. The van der Waals surface area contributed by atoms with Gasteiger partial charge in [0.25, 0.3) is 5.91 Å². The second kappa shape index (κ2) is 8.24. The SMILES string of the molecule is CN=C/C(=C(\N)C(=O)NC)N(Cc1ccc2ccc(C)nc2c1)C(C)=O. The Morgan fingerprint density at radius 3 is 2.62 bits per heavy atom. The van der Waals surface area contributed by atoms with Crippen molar-refractivity contribution in [2.24, 2.45) is 10.7 Å². The van der Waals surface area contributed by atoms with Crippen molar-refractivity contribution in [2.45, 2.75) is 20.4 Å². The predicted octanol–water partition coefficient (Wildman–Crippen LogP) is 1.51. The molecule has 3 N–H and O–H groups in total. The van der Waals surface area contributed by atoms with Crippen molar-refractivity contribution >= 4 is 28.9 Å². The lowest BCUT2D eigenvalue weighted by Gasteiger charge is -2.23. The fourth-order valence-corrected chi connectivity index (χ4v) is 2.57. The number of likely N-dealkylation sites (N-methyl/N-ethyl adjacent to an activating group) is 1. The molecule has 0 atom stereocenters. The van der Waals surface area contributed by atoms with Crippen LogP contribution in [0.15, 0.2) is 46.7 Å². The van der Waals surface area contributed by atoms with Crippen LogP contribution in [0.2, 0.25) is 0 Å². The number of nitrogens with zero attached hydrogens (tertiary/aromatic N) is 3. The predicted molar refractivity (Wildman–Crippen MR) is 102 cm³/mol. The van der Waals surface area contributed by atoms with E-state index >= 15 is 0 Å². The number of carbonyl (C=O) groups is 2. The zero-order chi connectivity index (χ0) is 19.3. The number of benzene rings is 1. The number of allylic oxidation sites excluding steroid dienone is 1. The zero-order valence-electron chi connectivity index (χ0n) is 15.4. The first-order valence-electron chi connectivity index (χ1n) is 8.15. The lowest BCUT2D eigenvalue weighted by atomic mass is 10.1. The Labute approximate surface area is 152 Å². The van der Waals surface area contributed by atoms with Crippen LogP contribution in [0.4, 0.5) is 0 Å². The number of nitrogens with one attached hydrogen (secondary N) is 1. The van der Waals surface area contributed by atoms with E-state index in [0.717, 1.165) is 22.2 Å². The molecule has 1 heterocycles. The highest BCUT2D eigenvalue weighted by Gasteiger charge is 2.20. The number of carbonyl (C=O) groups excluding carboxylic acids is 2. The van der Waals surface area contributed by atoms with Crippen molar-refractivity contribution < 1.29 is 9.59 Å². The van der Waals surface area contributed by atoms with Crippen LogP contribution in [-0.4, -0.2) is 42.0 Å². The molecule has 0 aliphatic rings. The highest BCUT2D eigenvalue weighted by Crippen LogP contribution is 2.18. The topological polar surface area (TPSA) is 101 Å². The third-order valence-electron chi connectivity index (χ3n) is 3.91. The maximum Gasteiger partial charge on any atom is 0.269 e. The number of hydrogen-bond acceptors (Lipinski definition) is 5. The monoisotopic (exact) mass is 353 g/mol. The lowest BCUT2D eigenvalue weighted by molar-refractivity contribution is -0.127. The van der Waals surface area contributed by atoms with Gasteiger partial charge in [-0.1, -0.05) is 18.2 Å². The summed E-state index contributed by atoms with van der Waals surface area (Å²) in [5.74, 6) is -0.717. The maximum absolute atomic E-state index is 12.2. The molecule has 0 radical (unpaired) electrons. The number of aromatic nitrogens is 1. The van der Waals surface area contributed by atoms with Crippen molar-refractivity contribution in [1.29, 1.82) is 0 Å². The summed E-state index contributed by atoms with van der Waals surface area (Å²) in [6, 6.07) is 9.76. The molecule has 0 saturated heterocycles. The standard InChI is InChI=1S/C19H23N5O2/c1-12-5-7-15-8-6-14(9-16(15)23-12)11-24(13(2)25)17(10-21-3)18(20)19(26)22-4/h5-10H,11,20H2,1-4H3,(H,22,26)/b18-17+,21-10?. The van der Waals surface area contributed by atoms with Crippen molar-refractivity contribution in [3.05, 3.63) is 53.0 Å². The Bertz CT molecular complexity index is 902.